The summed E-state index contributed by atoms with van der Waals surface area (Å²) in [6, 6.07) is 13.5. The van der Waals surface area contributed by atoms with Crippen molar-refractivity contribution in [3.05, 3.63) is 52.9 Å². The third kappa shape index (κ3) is 5.47. The summed E-state index contributed by atoms with van der Waals surface area (Å²) in [5.41, 5.74) is 2.28. The number of hydrogen-bond acceptors (Lipinski definition) is 6. The Bertz CT molecular complexity index is 1170. The largest absolute Gasteiger partial charge is 0.494 e. The normalized spacial score (nSPS) is 14.7. The molecule has 8 nitrogen and oxygen atoms in total. The molecule has 0 atom stereocenters. The van der Waals surface area contributed by atoms with Crippen LogP contribution < -0.4 is 10.1 Å². The zero-order valence-electron chi connectivity index (χ0n) is 19.7. The van der Waals surface area contributed by atoms with Gasteiger partial charge in [0, 0.05) is 17.1 Å². The maximum Gasteiger partial charge on any atom is 0.349 e. The third-order valence-electron chi connectivity index (χ3n) is 5.90. The van der Waals surface area contributed by atoms with Crippen LogP contribution in [0.3, 0.4) is 0 Å². The molecule has 1 N–H and O–H groups in total. The molecule has 1 amide bonds. The first-order chi connectivity index (χ1) is 16.3. The van der Waals surface area contributed by atoms with Crippen molar-refractivity contribution in [1.29, 1.82) is 10.5 Å². The van der Waals surface area contributed by atoms with Crippen LogP contribution in [0.15, 0.2) is 35.9 Å². The lowest BCUT2D eigenvalue weighted by molar-refractivity contribution is -0.144. The zero-order chi connectivity index (χ0) is 24.7. The predicted octanol–water partition coefficient (Wildman–Crippen LogP) is 3.90. The summed E-state index contributed by atoms with van der Waals surface area (Å²) >= 11 is 0. The molecule has 1 aliphatic rings. The van der Waals surface area contributed by atoms with Crippen LogP contribution in [0.5, 0.6) is 5.75 Å². The topological polar surface area (TPSA) is 117 Å². The van der Waals surface area contributed by atoms with Crippen molar-refractivity contribution in [3.63, 3.8) is 0 Å². The molecule has 2 aromatic rings. The minimum absolute atomic E-state index is 0.212. The van der Waals surface area contributed by atoms with E-state index in [1.807, 2.05) is 61.7 Å². The zero-order valence-corrected chi connectivity index (χ0v) is 19.7. The summed E-state index contributed by atoms with van der Waals surface area (Å²) < 4.78 is 12.6. The molecular weight excluding hydrogens is 432 g/mol. The van der Waals surface area contributed by atoms with Crippen molar-refractivity contribution in [2.45, 2.75) is 52.0 Å². The second-order valence-corrected chi connectivity index (χ2v) is 8.28. The van der Waals surface area contributed by atoms with Gasteiger partial charge < -0.3 is 19.4 Å². The summed E-state index contributed by atoms with van der Waals surface area (Å²) in [4.78, 5) is 24.7. The summed E-state index contributed by atoms with van der Waals surface area (Å²) in [5.74, 6) is -0.662. The van der Waals surface area contributed by atoms with Gasteiger partial charge in [0.25, 0.3) is 5.91 Å². The summed E-state index contributed by atoms with van der Waals surface area (Å²) in [6.07, 6.45) is 4.35. The molecule has 1 fully saturated rings. The molecule has 0 saturated heterocycles. The van der Waals surface area contributed by atoms with E-state index >= 15 is 0 Å². The van der Waals surface area contributed by atoms with Gasteiger partial charge in [-0.1, -0.05) is 0 Å². The Balaban J connectivity index is 1.72. The number of rotatable bonds is 8. The molecule has 0 radical (unpaired) electrons. The van der Waals surface area contributed by atoms with E-state index in [2.05, 4.69) is 11.4 Å². The van der Waals surface area contributed by atoms with E-state index in [0.29, 0.717) is 25.0 Å². The standard InChI is InChI=1S/C26H28N4O4/c1-4-33-23-9-7-22(8-10-23)30-18(2)13-20(19(30)3)14-21(15-27)25(32)34-16-24(31)29-26(17-28)11-5-6-12-26/h7-10,13-14H,4-6,11-12,16H2,1-3H3,(H,29,31)/b21-14+. The lowest BCUT2D eigenvalue weighted by Gasteiger charge is -2.21. The van der Waals surface area contributed by atoms with Gasteiger partial charge in [-0.25, -0.2) is 4.79 Å². The van der Waals surface area contributed by atoms with Crippen LogP contribution in [0.2, 0.25) is 0 Å². The molecule has 0 bridgehead atoms. The fourth-order valence-electron chi connectivity index (χ4n) is 4.24. The smallest absolute Gasteiger partial charge is 0.349 e. The van der Waals surface area contributed by atoms with Gasteiger partial charge in [0.1, 0.15) is 22.9 Å². The number of nitrogens with one attached hydrogen (secondary N) is 1. The Morgan fingerprint density at radius 3 is 2.44 bits per heavy atom. The molecule has 1 aromatic carbocycles. The molecule has 1 saturated carbocycles. The lowest BCUT2D eigenvalue weighted by Crippen LogP contribution is -2.46. The molecule has 1 heterocycles. The number of nitrogens with zero attached hydrogens (tertiary/aromatic N) is 3. The number of esters is 1. The number of amides is 1. The van der Waals surface area contributed by atoms with Crippen LogP contribution in [-0.2, 0) is 14.3 Å². The Hall–Kier alpha value is -4.04. The highest BCUT2D eigenvalue weighted by atomic mass is 16.5. The maximum absolute atomic E-state index is 12.5. The van der Waals surface area contributed by atoms with Crippen molar-refractivity contribution < 1.29 is 19.1 Å². The average molecular weight is 461 g/mol. The van der Waals surface area contributed by atoms with Crippen molar-refractivity contribution in [2.75, 3.05) is 13.2 Å². The number of ether oxygens (including phenoxy) is 2. The first kappa shape index (κ1) is 24.6. The van der Waals surface area contributed by atoms with Gasteiger partial charge in [0.2, 0.25) is 0 Å². The van der Waals surface area contributed by atoms with Crippen LogP contribution in [0.1, 0.15) is 49.6 Å². The van der Waals surface area contributed by atoms with E-state index in [1.165, 1.54) is 6.08 Å². The molecule has 1 aliphatic carbocycles. The Kier molecular flexibility index (Phi) is 7.75. The van der Waals surface area contributed by atoms with Crippen molar-refractivity contribution >= 4 is 18.0 Å². The van der Waals surface area contributed by atoms with E-state index in [0.717, 1.165) is 35.7 Å². The predicted molar refractivity (Wildman–Crippen MR) is 126 cm³/mol. The molecule has 3 rings (SSSR count). The van der Waals surface area contributed by atoms with Gasteiger partial charge in [-0.3, -0.25) is 4.79 Å². The fraction of sp³-hybridized carbons (Fsp3) is 0.385. The van der Waals surface area contributed by atoms with Crippen LogP contribution in [-0.4, -0.2) is 35.2 Å². The number of benzene rings is 1. The van der Waals surface area contributed by atoms with Crippen LogP contribution >= 0.6 is 0 Å². The number of aromatic nitrogens is 1. The van der Waals surface area contributed by atoms with E-state index in [-0.39, 0.29) is 5.57 Å². The molecule has 8 heteroatoms. The molecular formula is C26H28N4O4. The van der Waals surface area contributed by atoms with Crippen molar-refractivity contribution in [3.8, 4) is 23.6 Å². The highest BCUT2D eigenvalue weighted by molar-refractivity contribution is 5.99. The number of nitriles is 2. The van der Waals surface area contributed by atoms with E-state index in [1.54, 1.807) is 0 Å². The number of carbonyl (C=O) groups excluding carboxylic acids is 2. The summed E-state index contributed by atoms with van der Waals surface area (Å²) in [7, 11) is 0. The van der Waals surface area contributed by atoms with Crippen molar-refractivity contribution in [1.82, 2.24) is 9.88 Å². The first-order valence-corrected chi connectivity index (χ1v) is 11.3. The second kappa shape index (κ2) is 10.7. The number of aryl methyl sites for hydroxylation is 1. The monoisotopic (exact) mass is 460 g/mol. The Morgan fingerprint density at radius 1 is 1.18 bits per heavy atom. The molecule has 176 valence electrons. The Labute approximate surface area is 199 Å². The minimum atomic E-state index is -0.893. The molecule has 0 unspecified atom stereocenters. The van der Waals surface area contributed by atoms with Crippen LogP contribution in [0, 0.1) is 36.5 Å². The van der Waals surface area contributed by atoms with E-state index < -0.39 is 24.0 Å². The highest BCUT2D eigenvalue weighted by Gasteiger charge is 2.35. The lowest BCUT2D eigenvalue weighted by atomic mass is 10.00. The number of hydrogen-bond donors (Lipinski definition) is 1. The van der Waals surface area contributed by atoms with Gasteiger partial charge in [0.15, 0.2) is 6.61 Å². The fourth-order valence-corrected chi connectivity index (χ4v) is 4.24. The maximum atomic E-state index is 12.5. The molecule has 0 spiro atoms. The van der Waals surface area contributed by atoms with Gasteiger partial charge >= 0.3 is 5.97 Å². The molecule has 1 aromatic heterocycles. The second-order valence-electron chi connectivity index (χ2n) is 8.28. The van der Waals surface area contributed by atoms with Gasteiger partial charge in [-0.2, -0.15) is 10.5 Å². The van der Waals surface area contributed by atoms with Crippen LogP contribution in [0.25, 0.3) is 11.8 Å². The minimum Gasteiger partial charge on any atom is -0.494 e. The third-order valence-corrected chi connectivity index (χ3v) is 5.90. The van der Waals surface area contributed by atoms with Gasteiger partial charge in [-0.15, -0.1) is 0 Å². The van der Waals surface area contributed by atoms with Gasteiger partial charge in [0.05, 0.1) is 12.7 Å². The van der Waals surface area contributed by atoms with E-state index in [9.17, 15) is 20.1 Å². The SMILES string of the molecule is CCOc1ccc(-n2c(C)cc(/C=C(\C#N)C(=O)OCC(=O)NC3(C#N)CCCC3)c2C)cc1. The summed E-state index contributed by atoms with van der Waals surface area (Å²) in [6.45, 7) is 5.79. The van der Waals surface area contributed by atoms with Crippen LogP contribution in [0.4, 0.5) is 0 Å². The first-order valence-electron chi connectivity index (χ1n) is 11.3. The highest BCUT2D eigenvalue weighted by Crippen LogP contribution is 2.29. The van der Waals surface area contributed by atoms with Crippen molar-refractivity contribution in [2.24, 2.45) is 0 Å². The summed E-state index contributed by atoms with van der Waals surface area (Å²) in [5, 5.41) is 21.5. The molecule has 34 heavy (non-hydrogen) atoms. The Morgan fingerprint density at radius 2 is 1.85 bits per heavy atom. The molecule has 0 aliphatic heterocycles. The quantitative estimate of drug-likeness (QED) is 0.363. The number of carbonyl (C=O) groups is 2. The average Bonchev–Trinajstić information content (AvgIpc) is 3.40. The van der Waals surface area contributed by atoms with Gasteiger partial charge in [-0.05, 0) is 88.4 Å². The van der Waals surface area contributed by atoms with E-state index in [4.69, 9.17) is 9.47 Å².